The van der Waals surface area contributed by atoms with Crippen molar-refractivity contribution in [3.05, 3.63) is 182 Å². The first-order valence-corrected chi connectivity index (χ1v) is 20.8. The Bertz CT molecular complexity index is 2420. The van der Waals surface area contributed by atoms with Gasteiger partial charge in [-0.05, 0) is 72.8 Å². The number of carboxylic acid groups (broad SMARTS) is 2. The molecule has 2 atom stereocenters. The molecule has 59 heavy (non-hydrogen) atoms. The third kappa shape index (κ3) is 10.3. The van der Waals surface area contributed by atoms with E-state index in [1.807, 2.05) is 115 Å². The van der Waals surface area contributed by atoms with Crippen molar-refractivity contribution in [2.75, 3.05) is 6.54 Å². The molecule has 1 aliphatic rings. The van der Waals surface area contributed by atoms with E-state index >= 15 is 0 Å². The first-order valence-electron chi connectivity index (χ1n) is 19.3. The van der Waals surface area contributed by atoms with Gasteiger partial charge in [-0.1, -0.05) is 151 Å². The molecule has 0 amide bonds. The number of unbranched alkanes of at least 4 members (excludes halogenated alkanes) is 3. The number of hydrogen-bond donors (Lipinski definition) is 1. The molecular formula is C47H42Cl4N4O4. The Hall–Kier alpha value is -5.22. The number of benzene rings is 5. The molecule has 8 nitrogen and oxygen atoms in total. The minimum Gasteiger partial charge on any atom is -0.550 e. The highest BCUT2D eigenvalue weighted by Gasteiger charge is 2.45. The zero-order valence-electron chi connectivity index (χ0n) is 32.3. The van der Waals surface area contributed by atoms with Crippen LogP contribution >= 0.6 is 46.4 Å². The number of quaternary nitrogens is 1. The molecule has 0 bridgehead atoms. The molecule has 1 aromatic heterocycles. The van der Waals surface area contributed by atoms with Gasteiger partial charge in [0, 0.05) is 51.3 Å². The third-order valence-electron chi connectivity index (χ3n) is 10.00. The van der Waals surface area contributed by atoms with Crippen molar-refractivity contribution in [1.82, 2.24) is 14.4 Å². The van der Waals surface area contributed by atoms with Crippen molar-refractivity contribution in [2.45, 2.75) is 51.4 Å². The van der Waals surface area contributed by atoms with Crippen LogP contribution in [0.5, 0.6) is 0 Å². The monoisotopic (exact) mass is 866 g/mol. The van der Waals surface area contributed by atoms with Crippen LogP contribution in [0.15, 0.2) is 155 Å². The molecule has 6 aromatic rings. The number of aliphatic carboxylic acids is 2. The first-order chi connectivity index (χ1) is 28.5. The van der Waals surface area contributed by atoms with Crippen LogP contribution in [-0.4, -0.2) is 39.1 Å². The second-order valence-corrected chi connectivity index (χ2v) is 15.6. The Kier molecular flexibility index (Phi) is 14.8. The van der Waals surface area contributed by atoms with E-state index in [0.29, 0.717) is 50.7 Å². The molecule has 0 aliphatic carbocycles. The molecular weight excluding hydrogens is 826 g/mol. The first kappa shape index (κ1) is 43.4. The zero-order chi connectivity index (χ0) is 41.9. The molecule has 7 rings (SSSR count). The minimum absolute atomic E-state index is 0.0761. The SMILES string of the molecule is CCCCCC[N+]1(c2ccccc2)N=C(c2ccc(Cl)cc2)C(CC(=O)[O-])=C1Cl.O=C(O)C(Cc1ccccc1)c1c(-c2ccc(Cl)cc2)nn(-c2ccccc2)c1Cl. The molecule has 0 saturated carbocycles. The quantitative estimate of drug-likeness (QED) is 0.0628. The standard InChI is InChI=1S/C24H18Cl2N2O2.C23H24Cl2N2O2/c25-18-13-11-17(12-14-18)22-21(20(24(29)30)15-16-7-3-1-4-8-16)23(26)28(27-22)19-9-5-2-6-10-19;1-2-3-4-8-15-27(19-9-6-5-7-10-19)23(25)20(16-21(28)29)22(26-27)17-11-13-18(24)14-12-17/h1-14,20H,15H2,(H,29,30);5-7,9-14H,2-4,8,15-16H2,1H3. The number of aromatic nitrogens is 2. The largest absolute Gasteiger partial charge is 0.550 e. The molecule has 302 valence electrons. The summed E-state index contributed by atoms with van der Waals surface area (Å²) in [5.41, 5.74) is 6.21. The highest BCUT2D eigenvalue weighted by Crippen LogP contribution is 2.42. The summed E-state index contributed by atoms with van der Waals surface area (Å²) in [5, 5.41) is 33.2. The summed E-state index contributed by atoms with van der Waals surface area (Å²) >= 11 is 25.7. The van der Waals surface area contributed by atoms with Gasteiger partial charge < -0.3 is 15.0 Å². The second-order valence-electron chi connectivity index (χ2n) is 14.1. The van der Waals surface area contributed by atoms with Gasteiger partial charge in [-0.25, -0.2) is 4.68 Å². The highest BCUT2D eigenvalue weighted by atomic mass is 35.5. The lowest BCUT2D eigenvalue weighted by Gasteiger charge is -2.28. The normalized spacial score (nSPS) is 15.3. The van der Waals surface area contributed by atoms with E-state index in [2.05, 4.69) is 6.92 Å². The maximum Gasteiger partial charge on any atom is 0.311 e. The van der Waals surface area contributed by atoms with Crippen LogP contribution in [0.3, 0.4) is 0 Å². The van der Waals surface area contributed by atoms with Crippen molar-refractivity contribution in [1.29, 1.82) is 0 Å². The van der Waals surface area contributed by atoms with Crippen LogP contribution in [0, 0.1) is 0 Å². The number of rotatable bonds is 15. The molecule has 1 aliphatic heterocycles. The van der Waals surface area contributed by atoms with Crippen molar-refractivity contribution >= 4 is 69.7 Å². The molecule has 1 N–H and O–H groups in total. The fraction of sp³-hybridized carbons (Fsp3) is 0.191. The predicted molar refractivity (Wildman–Crippen MR) is 237 cm³/mol. The van der Waals surface area contributed by atoms with Crippen molar-refractivity contribution in [3.8, 4) is 16.9 Å². The molecule has 12 heteroatoms. The average molecular weight is 869 g/mol. The van der Waals surface area contributed by atoms with Crippen LogP contribution in [0.4, 0.5) is 5.69 Å². The van der Waals surface area contributed by atoms with Gasteiger partial charge in [0.05, 0.1) is 22.9 Å². The fourth-order valence-electron chi connectivity index (χ4n) is 7.07. The van der Waals surface area contributed by atoms with Gasteiger partial charge in [-0.2, -0.15) is 5.10 Å². The van der Waals surface area contributed by atoms with Crippen LogP contribution in [-0.2, 0) is 16.0 Å². The number of para-hydroxylation sites is 2. The van der Waals surface area contributed by atoms with Gasteiger partial charge >= 0.3 is 5.97 Å². The van der Waals surface area contributed by atoms with Crippen molar-refractivity contribution in [3.63, 3.8) is 0 Å². The number of nitrogens with zero attached hydrogens (tertiary/aromatic N) is 4. The number of hydrogen-bond acceptors (Lipinski definition) is 5. The Balaban J connectivity index is 0.000000199. The van der Waals surface area contributed by atoms with E-state index in [9.17, 15) is 19.8 Å². The molecule has 0 spiro atoms. The molecule has 0 saturated heterocycles. The van der Waals surface area contributed by atoms with E-state index in [0.717, 1.165) is 53.7 Å². The van der Waals surface area contributed by atoms with Crippen LogP contribution in [0.25, 0.3) is 16.9 Å². The highest BCUT2D eigenvalue weighted by molar-refractivity contribution is 6.36. The van der Waals surface area contributed by atoms with E-state index in [1.54, 1.807) is 28.9 Å². The Labute approximate surface area is 364 Å². The lowest BCUT2D eigenvalue weighted by atomic mass is 9.90. The minimum atomic E-state index is -1.18. The molecule has 5 aromatic carbocycles. The Morgan fingerprint density at radius 3 is 1.85 bits per heavy atom. The summed E-state index contributed by atoms with van der Waals surface area (Å²) in [6.07, 6.45) is 4.27. The van der Waals surface area contributed by atoms with E-state index in [4.69, 9.17) is 56.6 Å². The summed E-state index contributed by atoms with van der Waals surface area (Å²) in [6, 6.07) is 43.1. The third-order valence-corrected chi connectivity index (χ3v) is 11.4. The Morgan fingerprint density at radius 1 is 0.729 bits per heavy atom. The lowest BCUT2D eigenvalue weighted by Crippen LogP contribution is -2.40. The Morgan fingerprint density at radius 2 is 1.29 bits per heavy atom. The summed E-state index contributed by atoms with van der Waals surface area (Å²) in [5.74, 6) is -2.99. The number of carboxylic acids is 2. The van der Waals surface area contributed by atoms with Crippen LogP contribution in [0.2, 0.25) is 15.2 Å². The van der Waals surface area contributed by atoms with E-state index in [-0.39, 0.29) is 16.2 Å². The van der Waals surface area contributed by atoms with Gasteiger partial charge in [-0.15, -0.1) is 4.59 Å². The number of carbonyl (C=O) groups excluding carboxylic acids is 1. The van der Waals surface area contributed by atoms with Gasteiger partial charge in [0.25, 0.3) is 0 Å². The second kappa shape index (κ2) is 20.2. The summed E-state index contributed by atoms with van der Waals surface area (Å²) in [6.45, 7) is 2.83. The smallest absolute Gasteiger partial charge is 0.311 e. The summed E-state index contributed by atoms with van der Waals surface area (Å²) < 4.78 is 1.66. The topological polar surface area (TPSA) is 108 Å². The van der Waals surface area contributed by atoms with Crippen molar-refractivity contribution in [2.24, 2.45) is 5.10 Å². The van der Waals surface area contributed by atoms with E-state index < -0.39 is 17.9 Å². The van der Waals surface area contributed by atoms with Gasteiger partial charge in [0.2, 0.25) is 5.16 Å². The molecule has 2 unspecified atom stereocenters. The molecule has 2 heterocycles. The van der Waals surface area contributed by atoms with Gasteiger partial charge in [-0.3, -0.25) is 4.79 Å². The number of halogens is 4. The number of carbonyl (C=O) groups is 2. The summed E-state index contributed by atoms with van der Waals surface area (Å²) in [4.78, 5) is 23.8. The maximum absolute atomic E-state index is 12.3. The fourth-order valence-corrected chi connectivity index (χ4v) is 8.05. The van der Waals surface area contributed by atoms with Crippen molar-refractivity contribution < 1.29 is 19.8 Å². The van der Waals surface area contributed by atoms with Gasteiger partial charge in [0.1, 0.15) is 17.4 Å². The molecule has 0 radical (unpaired) electrons. The van der Waals surface area contributed by atoms with Crippen LogP contribution in [0.1, 0.15) is 61.6 Å². The van der Waals surface area contributed by atoms with Gasteiger partial charge in [0.15, 0.2) is 5.69 Å². The molecule has 0 fully saturated rings. The lowest BCUT2D eigenvalue weighted by molar-refractivity contribution is -0.304. The predicted octanol–water partition coefficient (Wildman–Crippen LogP) is 11.5. The van der Waals surface area contributed by atoms with E-state index in [1.165, 1.54) is 0 Å². The zero-order valence-corrected chi connectivity index (χ0v) is 35.3. The maximum atomic E-state index is 12.3. The van der Waals surface area contributed by atoms with Crippen LogP contribution < -0.4 is 9.70 Å². The average Bonchev–Trinajstić information content (AvgIpc) is 3.73. The summed E-state index contributed by atoms with van der Waals surface area (Å²) in [7, 11) is 0.